The van der Waals surface area contributed by atoms with E-state index < -0.39 is 0 Å². The Labute approximate surface area is 240 Å². The van der Waals surface area contributed by atoms with Crippen LogP contribution >= 0.6 is 11.6 Å². The minimum atomic E-state index is 0.0779. The predicted octanol–water partition coefficient (Wildman–Crippen LogP) is 5.54. The molecule has 0 radical (unpaired) electrons. The lowest BCUT2D eigenvalue weighted by Gasteiger charge is -2.41. The average molecular weight is 556 g/mol. The Bertz CT molecular complexity index is 1340. The van der Waals surface area contributed by atoms with Crippen LogP contribution in [-0.4, -0.2) is 70.0 Å². The maximum Gasteiger partial charge on any atom is 0.241 e. The molecule has 2 saturated heterocycles. The molecule has 0 saturated carbocycles. The molecule has 1 amide bonds. The molecule has 3 heterocycles. The number of benzene rings is 3. The van der Waals surface area contributed by atoms with Gasteiger partial charge in [0, 0.05) is 42.7 Å². The van der Waals surface area contributed by atoms with Crippen LogP contribution in [0.4, 0.5) is 0 Å². The van der Waals surface area contributed by atoms with E-state index in [2.05, 4.69) is 85.5 Å². The first-order chi connectivity index (χ1) is 19.6. The molecule has 1 aromatic heterocycles. The number of likely N-dealkylation sites (tertiary alicyclic amines) is 1. The number of hydrogen-bond donors (Lipinski definition) is 0. The fourth-order valence-corrected chi connectivity index (χ4v) is 6.03. The maximum atomic E-state index is 13.5. The van der Waals surface area contributed by atoms with Gasteiger partial charge in [-0.1, -0.05) is 77.4 Å². The molecule has 2 aliphatic heterocycles. The molecule has 4 aromatic rings. The van der Waals surface area contributed by atoms with Gasteiger partial charge in [-0.15, -0.1) is 0 Å². The number of piperazine rings is 1. The molecule has 0 unspecified atom stereocenters. The lowest BCUT2D eigenvalue weighted by molar-refractivity contribution is -0.139. The first-order valence-corrected chi connectivity index (χ1v) is 14.5. The maximum absolute atomic E-state index is 13.5. The summed E-state index contributed by atoms with van der Waals surface area (Å²) in [5, 5.41) is 4.80. The van der Waals surface area contributed by atoms with Crippen molar-refractivity contribution in [1.82, 2.24) is 24.8 Å². The van der Waals surface area contributed by atoms with Gasteiger partial charge < -0.3 is 9.42 Å². The summed E-state index contributed by atoms with van der Waals surface area (Å²) in [5.41, 5.74) is 3.47. The predicted molar refractivity (Wildman–Crippen MR) is 156 cm³/mol. The SMILES string of the molecule is O=C(C1CCN(Cc2nc(-c3ccc(Cl)cc3)no2)CC1)N1CCN(C(c2ccccc2)c2ccccc2)CC1. The summed E-state index contributed by atoms with van der Waals surface area (Å²) in [6.45, 7) is 5.56. The summed E-state index contributed by atoms with van der Waals surface area (Å²) in [5.74, 6) is 1.54. The third-order valence-electron chi connectivity index (χ3n) is 8.09. The normalized spacial score (nSPS) is 17.4. The Hall–Kier alpha value is -3.52. The lowest BCUT2D eigenvalue weighted by Crippen LogP contribution is -2.52. The fraction of sp³-hybridized carbons (Fsp3) is 0.344. The summed E-state index contributed by atoms with van der Waals surface area (Å²) < 4.78 is 5.50. The topological polar surface area (TPSA) is 65.7 Å². The van der Waals surface area contributed by atoms with Gasteiger partial charge in [0.25, 0.3) is 0 Å². The number of carbonyl (C=O) groups excluding carboxylic acids is 1. The average Bonchev–Trinajstić information content (AvgIpc) is 3.47. The van der Waals surface area contributed by atoms with Gasteiger partial charge in [0.1, 0.15) is 0 Å². The van der Waals surface area contributed by atoms with Crippen molar-refractivity contribution >= 4 is 17.5 Å². The van der Waals surface area contributed by atoms with E-state index in [1.54, 1.807) is 0 Å². The molecule has 2 fully saturated rings. The second kappa shape index (κ2) is 12.3. The molecule has 0 N–H and O–H groups in total. The van der Waals surface area contributed by atoms with E-state index in [1.807, 2.05) is 24.3 Å². The highest BCUT2D eigenvalue weighted by molar-refractivity contribution is 6.30. The summed E-state index contributed by atoms with van der Waals surface area (Å²) >= 11 is 5.98. The second-order valence-electron chi connectivity index (χ2n) is 10.7. The van der Waals surface area contributed by atoms with Crippen LogP contribution in [0, 0.1) is 5.92 Å². The highest BCUT2D eigenvalue weighted by Gasteiger charge is 2.33. The van der Waals surface area contributed by atoms with E-state index in [9.17, 15) is 4.79 Å². The zero-order valence-electron chi connectivity index (χ0n) is 22.5. The molecule has 40 heavy (non-hydrogen) atoms. The highest BCUT2D eigenvalue weighted by atomic mass is 35.5. The highest BCUT2D eigenvalue weighted by Crippen LogP contribution is 2.30. The first-order valence-electron chi connectivity index (χ1n) is 14.1. The zero-order chi connectivity index (χ0) is 27.3. The van der Waals surface area contributed by atoms with Crippen LogP contribution in [-0.2, 0) is 11.3 Å². The molecular weight excluding hydrogens is 522 g/mol. The molecule has 8 heteroatoms. The van der Waals surface area contributed by atoms with Crippen molar-refractivity contribution in [2.24, 2.45) is 5.92 Å². The van der Waals surface area contributed by atoms with Gasteiger partial charge >= 0.3 is 0 Å². The molecule has 0 aliphatic carbocycles. The molecular formula is C32H34ClN5O2. The van der Waals surface area contributed by atoms with E-state index in [0.717, 1.165) is 57.7 Å². The van der Waals surface area contributed by atoms with Crippen LogP contribution in [0.1, 0.15) is 35.9 Å². The van der Waals surface area contributed by atoms with Crippen molar-refractivity contribution in [2.75, 3.05) is 39.3 Å². The summed E-state index contributed by atoms with van der Waals surface area (Å²) in [4.78, 5) is 24.9. The molecule has 2 aliphatic rings. The Morgan fingerprint density at radius 2 is 1.43 bits per heavy atom. The summed E-state index contributed by atoms with van der Waals surface area (Å²) in [7, 11) is 0. The van der Waals surface area contributed by atoms with Crippen LogP contribution in [0.15, 0.2) is 89.5 Å². The summed E-state index contributed by atoms with van der Waals surface area (Å²) in [6.07, 6.45) is 1.71. The van der Waals surface area contributed by atoms with E-state index in [-0.39, 0.29) is 12.0 Å². The number of piperidine rings is 1. The lowest BCUT2D eigenvalue weighted by atomic mass is 9.94. The Morgan fingerprint density at radius 1 is 0.825 bits per heavy atom. The molecule has 0 atom stereocenters. The molecule has 7 nitrogen and oxygen atoms in total. The number of halogens is 1. The minimum Gasteiger partial charge on any atom is -0.340 e. The van der Waals surface area contributed by atoms with Crippen molar-refractivity contribution < 1.29 is 9.32 Å². The zero-order valence-corrected chi connectivity index (χ0v) is 23.3. The monoisotopic (exact) mass is 555 g/mol. The molecule has 6 rings (SSSR count). The Morgan fingerprint density at radius 3 is 2.02 bits per heavy atom. The number of rotatable bonds is 7. The molecule has 0 bridgehead atoms. The number of aromatic nitrogens is 2. The van der Waals surface area contributed by atoms with E-state index in [0.29, 0.717) is 29.2 Å². The van der Waals surface area contributed by atoms with Crippen LogP contribution < -0.4 is 0 Å². The number of hydrogen-bond acceptors (Lipinski definition) is 6. The third-order valence-corrected chi connectivity index (χ3v) is 8.34. The van der Waals surface area contributed by atoms with Gasteiger partial charge in [0.05, 0.1) is 12.6 Å². The van der Waals surface area contributed by atoms with Crippen molar-refractivity contribution in [2.45, 2.75) is 25.4 Å². The van der Waals surface area contributed by atoms with Crippen molar-refractivity contribution in [1.29, 1.82) is 0 Å². The second-order valence-corrected chi connectivity index (χ2v) is 11.1. The van der Waals surface area contributed by atoms with Gasteiger partial charge in [-0.25, -0.2) is 0 Å². The van der Waals surface area contributed by atoms with Crippen LogP contribution in [0.25, 0.3) is 11.4 Å². The van der Waals surface area contributed by atoms with E-state index >= 15 is 0 Å². The smallest absolute Gasteiger partial charge is 0.241 e. The third kappa shape index (κ3) is 6.12. The van der Waals surface area contributed by atoms with Crippen LogP contribution in [0.5, 0.6) is 0 Å². The van der Waals surface area contributed by atoms with Gasteiger partial charge in [-0.3, -0.25) is 14.6 Å². The number of amides is 1. The summed E-state index contributed by atoms with van der Waals surface area (Å²) in [6, 6.07) is 29.0. The van der Waals surface area contributed by atoms with Gasteiger partial charge in [-0.2, -0.15) is 4.98 Å². The Balaban J connectivity index is 1.01. The van der Waals surface area contributed by atoms with Crippen LogP contribution in [0.2, 0.25) is 5.02 Å². The standard InChI is InChI=1S/C32H34ClN5O2/c33-28-13-11-26(12-14-28)31-34-29(40-35-31)23-36-17-15-27(16-18-36)32(39)38-21-19-37(20-22-38)30(24-7-3-1-4-8-24)25-9-5-2-6-10-25/h1-14,27,30H,15-23H2. The largest absolute Gasteiger partial charge is 0.340 e. The van der Waals surface area contributed by atoms with Crippen molar-refractivity contribution in [3.63, 3.8) is 0 Å². The number of carbonyl (C=O) groups is 1. The molecule has 206 valence electrons. The first kappa shape index (κ1) is 26.7. The van der Waals surface area contributed by atoms with Crippen molar-refractivity contribution in [3.05, 3.63) is 107 Å². The Kier molecular flexibility index (Phi) is 8.23. The van der Waals surface area contributed by atoms with Gasteiger partial charge in [0.2, 0.25) is 17.6 Å². The minimum absolute atomic E-state index is 0.0779. The number of nitrogens with zero attached hydrogens (tertiary/aromatic N) is 5. The van der Waals surface area contributed by atoms with E-state index in [1.165, 1.54) is 11.1 Å². The van der Waals surface area contributed by atoms with Crippen LogP contribution in [0.3, 0.4) is 0 Å². The quantitative estimate of drug-likeness (QED) is 0.298. The van der Waals surface area contributed by atoms with Gasteiger partial charge in [-0.05, 0) is 61.3 Å². The fourth-order valence-electron chi connectivity index (χ4n) is 5.91. The van der Waals surface area contributed by atoms with E-state index in [4.69, 9.17) is 16.1 Å². The van der Waals surface area contributed by atoms with Crippen molar-refractivity contribution in [3.8, 4) is 11.4 Å². The molecule has 0 spiro atoms. The molecule has 3 aromatic carbocycles. The van der Waals surface area contributed by atoms with Gasteiger partial charge in [0.15, 0.2) is 0 Å².